The lowest BCUT2D eigenvalue weighted by Gasteiger charge is -2.41. The minimum Gasteiger partial charge on any atom is -0.481 e. The highest BCUT2D eigenvalue weighted by atomic mass is 32.2. The van der Waals surface area contributed by atoms with Crippen LogP contribution >= 0.6 is 0 Å². The summed E-state index contributed by atoms with van der Waals surface area (Å²) in [6.45, 7) is 0.404. The number of nitrogens with one attached hydrogen (secondary N) is 2. The normalized spacial score (nSPS) is 38.1. The molecule has 7 atom stereocenters. The molecule has 6 fully saturated rings. The standard InChI is InChI=1S/C41H70N2O7S/c44-40(38-25-30(12-22-37(38)41(45)46)23-28-7-3-1-4-8-28)43-34-16-20-36(21-17-34)51(48)50-35-18-14-33(15-19-35)42-39-26-31(11-13-32(39)27-49-47)24-29-9-5-2-6-10-29/h28-39,42,47H,1-27H2,(H,43,44)(H,45,46). The zero-order valence-corrected chi connectivity index (χ0v) is 32.2. The summed E-state index contributed by atoms with van der Waals surface area (Å²) in [5.41, 5.74) is 0. The molecule has 0 spiro atoms. The quantitative estimate of drug-likeness (QED) is 0.103. The number of amides is 1. The van der Waals surface area contributed by atoms with Gasteiger partial charge in [-0.3, -0.25) is 19.0 Å². The van der Waals surface area contributed by atoms with E-state index >= 15 is 0 Å². The molecule has 0 aliphatic heterocycles. The molecule has 10 heteroatoms. The molecule has 9 nitrogen and oxygen atoms in total. The first-order valence-corrected chi connectivity index (χ1v) is 22.6. The van der Waals surface area contributed by atoms with Crippen molar-refractivity contribution in [1.82, 2.24) is 10.6 Å². The fourth-order valence-electron chi connectivity index (χ4n) is 11.4. The van der Waals surface area contributed by atoms with E-state index in [4.69, 9.17) is 4.18 Å². The third-order valence-electron chi connectivity index (χ3n) is 14.4. The van der Waals surface area contributed by atoms with Crippen LogP contribution in [0.25, 0.3) is 0 Å². The maximum Gasteiger partial charge on any atom is 0.307 e. The summed E-state index contributed by atoms with van der Waals surface area (Å²) < 4.78 is 19.6. The Labute approximate surface area is 310 Å². The summed E-state index contributed by atoms with van der Waals surface area (Å²) >= 11 is -1.35. The van der Waals surface area contributed by atoms with Gasteiger partial charge in [0.15, 0.2) is 11.1 Å². The molecule has 292 valence electrons. The number of carbonyl (C=O) groups is 2. The second-order valence-corrected chi connectivity index (χ2v) is 19.4. The van der Waals surface area contributed by atoms with Crippen molar-refractivity contribution in [2.24, 2.45) is 41.4 Å². The van der Waals surface area contributed by atoms with E-state index in [1.165, 1.54) is 83.5 Å². The number of rotatable bonds is 14. The van der Waals surface area contributed by atoms with Gasteiger partial charge in [0.2, 0.25) is 5.91 Å². The van der Waals surface area contributed by atoms with E-state index in [2.05, 4.69) is 15.5 Å². The summed E-state index contributed by atoms with van der Waals surface area (Å²) in [4.78, 5) is 30.3. The van der Waals surface area contributed by atoms with Crippen LogP contribution in [-0.4, -0.2) is 62.5 Å². The lowest BCUT2D eigenvalue weighted by atomic mass is 9.69. The van der Waals surface area contributed by atoms with E-state index in [0.717, 1.165) is 88.4 Å². The highest BCUT2D eigenvalue weighted by Crippen LogP contribution is 2.41. The van der Waals surface area contributed by atoms with Gasteiger partial charge in [-0.2, -0.15) is 0 Å². The minimum absolute atomic E-state index is 0.0158. The molecule has 6 aliphatic rings. The number of aliphatic carboxylic acids is 1. The molecule has 0 radical (unpaired) electrons. The van der Waals surface area contributed by atoms with Crippen molar-refractivity contribution in [2.75, 3.05) is 6.61 Å². The van der Waals surface area contributed by atoms with Crippen molar-refractivity contribution >= 4 is 23.0 Å². The molecule has 0 aromatic rings. The molecular weight excluding hydrogens is 665 g/mol. The summed E-state index contributed by atoms with van der Waals surface area (Å²) in [6.07, 6.45) is 28.7. The van der Waals surface area contributed by atoms with Gasteiger partial charge in [-0.25, -0.2) is 9.10 Å². The van der Waals surface area contributed by atoms with Gasteiger partial charge in [0, 0.05) is 24.0 Å². The van der Waals surface area contributed by atoms with E-state index in [9.17, 15) is 24.2 Å². The monoisotopic (exact) mass is 734 g/mol. The Morgan fingerprint density at radius 3 is 1.82 bits per heavy atom. The van der Waals surface area contributed by atoms with Crippen LogP contribution in [0.4, 0.5) is 0 Å². The molecule has 7 unspecified atom stereocenters. The van der Waals surface area contributed by atoms with Crippen LogP contribution in [0.15, 0.2) is 0 Å². The summed E-state index contributed by atoms with van der Waals surface area (Å²) in [7, 11) is 0. The van der Waals surface area contributed by atoms with E-state index in [1.807, 2.05) is 0 Å². The third kappa shape index (κ3) is 11.7. The first-order valence-electron chi connectivity index (χ1n) is 21.5. The number of carbonyl (C=O) groups excluding carboxylic acids is 1. The number of carboxylic acids is 1. The smallest absolute Gasteiger partial charge is 0.307 e. The van der Waals surface area contributed by atoms with Crippen LogP contribution in [0.2, 0.25) is 0 Å². The molecule has 6 aliphatic carbocycles. The molecular formula is C41H70N2O7S. The summed E-state index contributed by atoms with van der Waals surface area (Å²) in [6, 6.07) is 0.815. The van der Waals surface area contributed by atoms with Crippen molar-refractivity contribution < 1.29 is 33.2 Å². The Morgan fingerprint density at radius 1 is 0.627 bits per heavy atom. The number of carboxylic acid groups (broad SMARTS) is 1. The molecule has 0 aromatic carbocycles. The number of hydrogen-bond donors (Lipinski definition) is 4. The fourth-order valence-corrected chi connectivity index (χ4v) is 12.7. The van der Waals surface area contributed by atoms with E-state index in [-0.39, 0.29) is 23.3 Å². The lowest BCUT2D eigenvalue weighted by molar-refractivity contribution is -0.254. The topological polar surface area (TPSA) is 134 Å². The van der Waals surface area contributed by atoms with Crippen LogP contribution in [0.3, 0.4) is 0 Å². The Hall–Kier alpha value is -1.07. The van der Waals surface area contributed by atoms with Gasteiger partial charge in [-0.1, -0.05) is 64.2 Å². The highest BCUT2D eigenvalue weighted by Gasteiger charge is 2.41. The van der Waals surface area contributed by atoms with Gasteiger partial charge < -0.3 is 15.7 Å². The van der Waals surface area contributed by atoms with Crippen molar-refractivity contribution in [3.05, 3.63) is 0 Å². The van der Waals surface area contributed by atoms with E-state index in [0.29, 0.717) is 43.4 Å². The van der Waals surface area contributed by atoms with Crippen molar-refractivity contribution in [3.8, 4) is 0 Å². The first-order chi connectivity index (χ1) is 24.8. The molecule has 4 N–H and O–H groups in total. The molecule has 1 amide bonds. The largest absolute Gasteiger partial charge is 0.481 e. The van der Waals surface area contributed by atoms with Gasteiger partial charge in [-0.05, 0) is 126 Å². The summed E-state index contributed by atoms with van der Waals surface area (Å²) in [5, 5.41) is 26.4. The molecule has 0 bridgehead atoms. The van der Waals surface area contributed by atoms with Crippen LogP contribution in [0.1, 0.15) is 167 Å². The third-order valence-corrected chi connectivity index (χ3v) is 15.9. The maximum atomic E-state index is 13.5. The molecule has 6 saturated carbocycles. The van der Waals surface area contributed by atoms with Gasteiger partial charge in [0.25, 0.3) is 0 Å². The first kappa shape index (κ1) is 39.6. The van der Waals surface area contributed by atoms with Gasteiger partial charge >= 0.3 is 5.97 Å². The van der Waals surface area contributed by atoms with E-state index < -0.39 is 28.9 Å². The molecule has 0 saturated heterocycles. The Morgan fingerprint density at radius 2 is 1.22 bits per heavy atom. The zero-order valence-electron chi connectivity index (χ0n) is 31.4. The predicted molar refractivity (Wildman–Crippen MR) is 200 cm³/mol. The highest BCUT2D eigenvalue weighted by molar-refractivity contribution is 7.80. The minimum atomic E-state index is -1.35. The SMILES string of the molecule is O=C(O)C1CCC(CC2CCCCC2)CC1C(=O)NC1CCC(S(=O)OC2CCC(NC3CC(CC4CCCCC4)CCC3COO)CC2)CC1. The van der Waals surface area contributed by atoms with Crippen LogP contribution in [0.5, 0.6) is 0 Å². The average Bonchev–Trinajstić information content (AvgIpc) is 3.14. The Kier molecular flexibility index (Phi) is 15.6. The van der Waals surface area contributed by atoms with E-state index in [1.54, 1.807) is 0 Å². The second-order valence-electron chi connectivity index (χ2n) is 18.0. The van der Waals surface area contributed by atoms with Crippen molar-refractivity contribution in [1.29, 1.82) is 0 Å². The molecule has 0 aromatic heterocycles. The molecule has 0 heterocycles. The average molecular weight is 735 g/mol. The van der Waals surface area contributed by atoms with Crippen molar-refractivity contribution in [3.63, 3.8) is 0 Å². The summed E-state index contributed by atoms with van der Waals surface area (Å²) in [5.74, 6) is 1.27. The Bertz CT molecular complexity index is 1100. The van der Waals surface area contributed by atoms with Gasteiger partial charge in [0.1, 0.15) is 0 Å². The fraction of sp³-hybridized carbons (Fsp3) is 0.951. The molecule has 6 rings (SSSR count). The zero-order chi connectivity index (χ0) is 35.6. The number of hydrogen-bond acceptors (Lipinski definition) is 7. The Balaban J connectivity index is 0.897. The van der Waals surface area contributed by atoms with Crippen LogP contribution in [0, 0.1) is 41.4 Å². The van der Waals surface area contributed by atoms with Gasteiger partial charge in [-0.15, -0.1) is 0 Å². The van der Waals surface area contributed by atoms with Crippen LogP contribution < -0.4 is 10.6 Å². The second kappa shape index (κ2) is 20.0. The van der Waals surface area contributed by atoms with Crippen LogP contribution in [-0.2, 0) is 29.7 Å². The maximum absolute atomic E-state index is 13.5. The van der Waals surface area contributed by atoms with Gasteiger partial charge in [0.05, 0.1) is 29.8 Å². The predicted octanol–water partition coefficient (Wildman–Crippen LogP) is 8.33. The molecule has 51 heavy (non-hydrogen) atoms. The van der Waals surface area contributed by atoms with Crippen molar-refractivity contribution in [2.45, 2.75) is 196 Å². The lowest BCUT2D eigenvalue weighted by Crippen LogP contribution is -2.49.